The maximum atomic E-state index is 4.88. The minimum Gasteiger partial charge on any atom is -0.361 e. The third-order valence-corrected chi connectivity index (χ3v) is 7.17. The van der Waals surface area contributed by atoms with E-state index in [1.54, 1.807) is 18.1 Å². The maximum Gasteiger partial charge on any atom is 0.191 e. The van der Waals surface area contributed by atoms with Crippen LogP contribution in [0.1, 0.15) is 17.7 Å². The molecule has 4 aromatic heterocycles. The number of pyridine rings is 1. The predicted molar refractivity (Wildman–Crippen MR) is 140 cm³/mol. The lowest BCUT2D eigenvalue weighted by molar-refractivity contribution is 0.595. The fourth-order valence-corrected chi connectivity index (χ4v) is 5.35. The molecule has 0 spiro atoms. The van der Waals surface area contributed by atoms with E-state index in [4.69, 9.17) is 4.98 Å². The topological polar surface area (TPSA) is 88.1 Å². The first-order valence-electron chi connectivity index (χ1n) is 11.8. The number of para-hydroxylation sites is 2. The van der Waals surface area contributed by atoms with Crippen molar-refractivity contribution in [2.24, 2.45) is 0 Å². The Morgan fingerprint density at radius 1 is 0.886 bits per heavy atom. The highest BCUT2D eigenvalue weighted by molar-refractivity contribution is 7.99. The average Bonchev–Trinajstić information content (AvgIpc) is 3.65. The first kappa shape index (κ1) is 21.6. The van der Waals surface area contributed by atoms with Crippen LogP contribution in [0, 0.1) is 0 Å². The van der Waals surface area contributed by atoms with Gasteiger partial charge in [0.05, 0.1) is 11.8 Å². The van der Waals surface area contributed by atoms with Crippen LogP contribution in [-0.2, 0) is 19.4 Å². The molecule has 35 heavy (non-hydrogen) atoms. The highest BCUT2D eigenvalue weighted by Crippen LogP contribution is 2.27. The van der Waals surface area contributed by atoms with Gasteiger partial charge in [0.1, 0.15) is 5.69 Å². The van der Waals surface area contributed by atoms with Gasteiger partial charge in [-0.05, 0) is 43.0 Å². The molecule has 0 unspecified atom stereocenters. The standard InChI is InChI=1S/C27H25N7S/c1-3-9-23-19(6-1)11-12-25(31-23)26-32-33-27(34(26)14-5-7-21-17-28-18-30-21)35-15-13-20-16-29-24-10-4-2-8-22(20)24/h1-4,6,8-12,16-18,29H,5,7,13-15H2,(H,28,30). The molecule has 0 atom stereocenters. The minimum atomic E-state index is 0.811. The van der Waals surface area contributed by atoms with Crippen molar-refractivity contribution >= 4 is 33.6 Å². The summed E-state index contributed by atoms with van der Waals surface area (Å²) in [6, 6.07) is 20.7. The van der Waals surface area contributed by atoms with Crippen molar-refractivity contribution in [3.05, 3.63) is 90.6 Å². The third-order valence-electron chi connectivity index (χ3n) is 6.20. The van der Waals surface area contributed by atoms with Crippen molar-refractivity contribution in [3.8, 4) is 11.5 Å². The first-order chi connectivity index (χ1) is 17.3. The van der Waals surface area contributed by atoms with Gasteiger partial charge in [-0.25, -0.2) is 9.97 Å². The van der Waals surface area contributed by atoms with Gasteiger partial charge in [-0.3, -0.25) is 0 Å². The Kier molecular flexibility index (Phi) is 6.02. The summed E-state index contributed by atoms with van der Waals surface area (Å²) < 4.78 is 2.22. The number of imidazole rings is 1. The summed E-state index contributed by atoms with van der Waals surface area (Å²) in [7, 11) is 0. The second kappa shape index (κ2) is 9.76. The number of aromatic nitrogens is 7. The van der Waals surface area contributed by atoms with Crippen molar-refractivity contribution in [2.75, 3.05) is 5.75 Å². The van der Waals surface area contributed by atoms with E-state index in [-0.39, 0.29) is 0 Å². The van der Waals surface area contributed by atoms with E-state index in [2.05, 4.69) is 72.3 Å². The van der Waals surface area contributed by atoms with Crippen molar-refractivity contribution in [1.82, 2.24) is 34.7 Å². The van der Waals surface area contributed by atoms with E-state index < -0.39 is 0 Å². The third kappa shape index (κ3) is 4.57. The Bertz CT molecular complexity index is 1570. The molecule has 7 nitrogen and oxygen atoms in total. The molecule has 6 aromatic rings. The summed E-state index contributed by atoms with van der Waals surface area (Å²) >= 11 is 1.75. The zero-order chi connectivity index (χ0) is 23.5. The number of H-pyrrole nitrogens is 2. The molecular formula is C27H25N7S. The lowest BCUT2D eigenvalue weighted by Gasteiger charge is -2.10. The summed E-state index contributed by atoms with van der Waals surface area (Å²) in [5, 5.41) is 12.5. The van der Waals surface area contributed by atoms with E-state index in [9.17, 15) is 0 Å². The summed E-state index contributed by atoms with van der Waals surface area (Å²) in [5.74, 6) is 1.74. The molecule has 6 rings (SSSR count). The van der Waals surface area contributed by atoms with Crippen molar-refractivity contribution < 1.29 is 0 Å². The maximum absolute atomic E-state index is 4.88. The molecule has 0 saturated heterocycles. The Hall–Kier alpha value is -3.91. The Labute approximate surface area is 207 Å². The number of nitrogens with one attached hydrogen (secondary N) is 2. The molecule has 0 saturated carbocycles. The van der Waals surface area contributed by atoms with Gasteiger partial charge in [0.25, 0.3) is 0 Å². The van der Waals surface area contributed by atoms with Gasteiger partial charge in [0.2, 0.25) is 0 Å². The molecule has 0 aliphatic carbocycles. The molecule has 8 heteroatoms. The molecule has 2 aromatic carbocycles. The zero-order valence-electron chi connectivity index (χ0n) is 19.2. The summed E-state index contributed by atoms with van der Waals surface area (Å²) in [6.07, 6.45) is 8.56. The number of aryl methyl sites for hydroxylation is 2. The highest BCUT2D eigenvalue weighted by atomic mass is 32.2. The number of rotatable bonds is 9. The number of thioether (sulfide) groups is 1. The van der Waals surface area contributed by atoms with E-state index in [0.29, 0.717) is 0 Å². The number of hydrogen-bond donors (Lipinski definition) is 2. The minimum absolute atomic E-state index is 0.811. The van der Waals surface area contributed by atoms with Gasteiger partial charge in [-0.1, -0.05) is 54.2 Å². The molecule has 0 amide bonds. The fourth-order valence-electron chi connectivity index (χ4n) is 4.42. The van der Waals surface area contributed by atoms with Crippen LogP contribution in [0.2, 0.25) is 0 Å². The van der Waals surface area contributed by atoms with Gasteiger partial charge < -0.3 is 14.5 Å². The lowest BCUT2D eigenvalue weighted by Crippen LogP contribution is -2.05. The quantitative estimate of drug-likeness (QED) is 0.261. The van der Waals surface area contributed by atoms with Gasteiger partial charge in [-0.15, -0.1) is 10.2 Å². The van der Waals surface area contributed by atoms with Crippen LogP contribution in [0.3, 0.4) is 0 Å². The Balaban J connectivity index is 1.24. The van der Waals surface area contributed by atoms with Crippen LogP contribution < -0.4 is 0 Å². The zero-order valence-corrected chi connectivity index (χ0v) is 20.0. The monoisotopic (exact) mass is 479 g/mol. The average molecular weight is 480 g/mol. The smallest absolute Gasteiger partial charge is 0.191 e. The second-order valence-corrected chi connectivity index (χ2v) is 9.55. The molecule has 0 aliphatic heterocycles. The molecule has 0 aliphatic rings. The molecule has 0 radical (unpaired) electrons. The number of hydrogen-bond acceptors (Lipinski definition) is 5. The lowest BCUT2D eigenvalue weighted by atomic mass is 10.1. The first-order valence-corrected chi connectivity index (χ1v) is 12.8. The van der Waals surface area contributed by atoms with Crippen LogP contribution in [-0.4, -0.2) is 40.5 Å². The van der Waals surface area contributed by atoms with Gasteiger partial charge in [0.15, 0.2) is 11.0 Å². The van der Waals surface area contributed by atoms with E-state index in [0.717, 1.165) is 64.8 Å². The van der Waals surface area contributed by atoms with Gasteiger partial charge in [0, 0.05) is 46.7 Å². The number of benzene rings is 2. The van der Waals surface area contributed by atoms with E-state index in [1.165, 1.54) is 16.5 Å². The number of nitrogens with zero attached hydrogens (tertiary/aromatic N) is 5. The Morgan fingerprint density at radius 3 is 2.74 bits per heavy atom. The van der Waals surface area contributed by atoms with E-state index >= 15 is 0 Å². The van der Waals surface area contributed by atoms with Crippen molar-refractivity contribution in [1.29, 1.82) is 0 Å². The highest BCUT2D eigenvalue weighted by Gasteiger charge is 2.16. The van der Waals surface area contributed by atoms with Crippen LogP contribution >= 0.6 is 11.8 Å². The Morgan fingerprint density at radius 2 is 1.80 bits per heavy atom. The molecule has 0 fully saturated rings. The predicted octanol–water partition coefficient (Wildman–Crippen LogP) is 5.67. The summed E-state index contributed by atoms with van der Waals surface area (Å²) in [4.78, 5) is 15.6. The van der Waals surface area contributed by atoms with Crippen molar-refractivity contribution in [3.63, 3.8) is 0 Å². The molecular weight excluding hydrogens is 454 g/mol. The largest absolute Gasteiger partial charge is 0.361 e. The van der Waals surface area contributed by atoms with Crippen LogP contribution in [0.4, 0.5) is 0 Å². The second-order valence-electron chi connectivity index (χ2n) is 8.49. The molecule has 0 bridgehead atoms. The summed E-state index contributed by atoms with van der Waals surface area (Å²) in [5.41, 5.74) is 5.46. The SMILES string of the molecule is c1ccc2nc(-c3nnc(SCCc4c[nH]c5ccccc45)n3CCCc3cnc[nH]3)ccc2c1. The van der Waals surface area contributed by atoms with Crippen LogP contribution in [0.5, 0.6) is 0 Å². The summed E-state index contributed by atoms with van der Waals surface area (Å²) in [6.45, 7) is 0.811. The van der Waals surface area contributed by atoms with Crippen LogP contribution in [0.25, 0.3) is 33.3 Å². The van der Waals surface area contributed by atoms with Crippen LogP contribution in [0.15, 0.2) is 84.5 Å². The van der Waals surface area contributed by atoms with Gasteiger partial charge in [-0.2, -0.15) is 0 Å². The molecule has 174 valence electrons. The fraction of sp³-hybridized carbons (Fsp3) is 0.185. The van der Waals surface area contributed by atoms with Crippen molar-refractivity contribution in [2.45, 2.75) is 31.0 Å². The van der Waals surface area contributed by atoms with E-state index in [1.807, 2.05) is 30.5 Å². The van der Waals surface area contributed by atoms with Gasteiger partial charge >= 0.3 is 0 Å². The normalized spacial score (nSPS) is 11.5. The number of fused-ring (bicyclic) bond motifs is 2. The molecule has 2 N–H and O–H groups in total. The molecule has 4 heterocycles. The number of aromatic amines is 2.